The normalized spacial score (nSPS) is 13.8. The molecule has 0 spiro atoms. The summed E-state index contributed by atoms with van der Waals surface area (Å²) >= 11 is 0. The highest BCUT2D eigenvalue weighted by Crippen LogP contribution is 2.41. The predicted octanol–water partition coefficient (Wildman–Crippen LogP) is 2.25. The summed E-state index contributed by atoms with van der Waals surface area (Å²) in [5.74, 6) is 0.907. The van der Waals surface area contributed by atoms with Crippen LogP contribution >= 0.6 is 0 Å². The molecule has 3 aromatic rings. The summed E-state index contributed by atoms with van der Waals surface area (Å²) in [6.45, 7) is 4.57. The van der Waals surface area contributed by atoms with Crippen molar-refractivity contribution in [2.75, 3.05) is 6.54 Å². The molecule has 26 heavy (non-hydrogen) atoms. The van der Waals surface area contributed by atoms with Crippen LogP contribution in [0.2, 0.25) is 0 Å². The predicted molar refractivity (Wildman–Crippen MR) is 93.5 cm³/mol. The zero-order valence-electron chi connectivity index (χ0n) is 14.8. The van der Waals surface area contributed by atoms with Crippen LogP contribution in [0.3, 0.4) is 0 Å². The number of carbonyl (C=O) groups is 1. The molecule has 3 aromatic heterocycles. The highest BCUT2D eigenvalue weighted by molar-refractivity contribution is 5.96. The third kappa shape index (κ3) is 3.22. The van der Waals surface area contributed by atoms with Gasteiger partial charge in [0.25, 0.3) is 5.91 Å². The Kier molecular flexibility index (Phi) is 4.24. The van der Waals surface area contributed by atoms with Gasteiger partial charge in [-0.2, -0.15) is 5.10 Å². The van der Waals surface area contributed by atoms with Gasteiger partial charge in [0, 0.05) is 30.6 Å². The minimum absolute atomic E-state index is 0.171. The Bertz CT molecular complexity index is 907. The van der Waals surface area contributed by atoms with Gasteiger partial charge in [-0.3, -0.25) is 19.4 Å². The van der Waals surface area contributed by atoms with Gasteiger partial charge in [0.2, 0.25) is 0 Å². The monoisotopic (exact) mass is 352 g/mol. The molecule has 1 aliphatic rings. The quantitative estimate of drug-likeness (QED) is 0.730. The Hall–Kier alpha value is -3.03. The summed E-state index contributed by atoms with van der Waals surface area (Å²) in [6, 6.07) is 2.08. The Balaban J connectivity index is 1.46. The lowest BCUT2D eigenvalue weighted by Crippen LogP contribution is -2.28. The lowest BCUT2D eigenvalue weighted by atomic mass is 10.2. The van der Waals surface area contributed by atoms with E-state index in [-0.39, 0.29) is 5.91 Å². The van der Waals surface area contributed by atoms with E-state index in [1.54, 1.807) is 32.4 Å². The van der Waals surface area contributed by atoms with Crippen molar-refractivity contribution in [1.82, 2.24) is 30.2 Å². The zero-order chi connectivity index (χ0) is 18.1. The number of hydrogen-bond acceptors (Lipinski definition) is 6. The molecule has 0 bridgehead atoms. The van der Waals surface area contributed by atoms with E-state index in [0.717, 1.165) is 11.4 Å². The van der Waals surface area contributed by atoms with E-state index in [0.29, 0.717) is 36.0 Å². The van der Waals surface area contributed by atoms with Crippen molar-refractivity contribution in [3.63, 3.8) is 0 Å². The van der Waals surface area contributed by atoms with Gasteiger partial charge in [0.15, 0.2) is 0 Å². The fraction of sp³-hybridized carbons (Fsp3) is 0.389. The van der Waals surface area contributed by atoms with E-state index in [1.807, 2.05) is 4.68 Å². The summed E-state index contributed by atoms with van der Waals surface area (Å²) < 4.78 is 7.02. The van der Waals surface area contributed by atoms with Crippen LogP contribution in [0.1, 0.15) is 46.3 Å². The first kappa shape index (κ1) is 16.4. The highest BCUT2D eigenvalue weighted by atomic mass is 16.5. The lowest BCUT2D eigenvalue weighted by Gasteiger charge is -2.08. The fourth-order valence-electron chi connectivity index (χ4n) is 3.05. The summed E-state index contributed by atoms with van der Waals surface area (Å²) in [4.78, 5) is 20.8. The van der Waals surface area contributed by atoms with Gasteiger partial charge >= 0.3 is 0 Å². The molecule has 1 saturated carbocycles. The summed E-state index contributed by atoms with van der Waals surface area (Å²) in [6.07, 6.45) is 7.37. The number of nitrogens with one attached hydrogen (secondary N) is 1. The second-order valence-corrected chi connectivity index (χ2v) is 6.50. The second kappa shape index (κ2) is 6.70. The van der Waals surface area contributed by atoms with E-state index in [2.05, 4.69) is 31.6 Å². The van der Waals surface area contributed by atoms with Crippen LogP contribution in [-0.4, -0.2) is 37.4 Å². The Labute approximate surface area is 150 Å². The number of nitrogens with zero attached hydrogens (tertiary/aromatic N) is 5. The summed E-state index contributed by atoms with van der Waals surface area (Å²) in [5, 5.41) is 11.4. The molecule has 1 amide bonds. The number of aryl methyl sites for hydroxylation is 2. The molecule has 4 rings (SSSR count). The van der Waals surface area contributed by atoms with Gasteiger partial charge in [0.1, 0.15) is 22.7 Å². The molecule has 134 valence electrons. The number of aromatic nitrogens is 5. The number of carbonyl (C=O) groups excluding carboxylic acids is 1. The van der Waals surface area contributed by atoms with Crippen molar-refractivity contribution >= 4 is 5.91 Å². The van der Waals surface area contributed by atoms with Crippen LogP contribution in [0.25, 0.3) is 11.4 Å². The van der Waals surface area contributed by atoms with Crippen LogP contribution in [0.5, 0.6) is 0 Å². The fourth-order valence-corrected chi connectivity index (χ4v) is 3.05. The van der Waals surface area contributed by atoms with Crippen LogP contribution in [0.4, 0.5) is 0 Å². The average Bonchev–Trinajstić information content (AvgIpc) is 3.32. The largest absolute Gasteiger partial charge is 0.361 e. The summed E-state index contributed by atoms with van der Waals surface area (Å²) in [7, 11) is 0. The molecule has 0 unspecified atom stereocenters. The first-order chi connectivity index (χ1) is 12.6. The van der Waals surface area contributed by atoms with Gasteiger partial charge in [-0.1, -0.05) is 5.16 Å². The molecule has 8 heteroatoms. The van der Waals surface area contributed by atoms with Crippen molar-refractivity contribution in [2.24, 2.45) is 0 Å². The van der Waals surface area contributed by atoms with E-state index in [1.165, 1.54) is 18.5 Å². The summed E-state index contributed by atoms with van der Waals surface area (Å²) in [5.41, 5.74) is 3.87. The first-order valence-corrected chi connectivity index (χ1v) is 8.68. The van der Waals surface area contributed by atoms with Crippen molar-refractivity contribution in [3.05, 3.63) is 47.4 Å². The molecule has 0 saturated heterocycles. The third-order valence-corrected chi connectivity index (χ3v) is 4.50. The van der Waals surface area contributed by atoms with Crippen molar-refractivity contribution in [3.8, 4) is 11.4 Å². The SMILES string of the molecule is Cc1noc(C)c1C(=O)NCCn1nc(-c2cnccn2)cc1C1CC1. The standard InChI is InChI=1S/C18H20N6O2/c1-11-17(12(2)26-23-11)18(25)21-7-8-24-16(13-3-4-13)9-14(22-24)15-10-19-5-6-20-15/h5-6,9-10,13H,3-4,7-8H2,1-2H3,(H,21,25). The van der Waals surface area contributed by atoms with E-state index < -0.39 is 0 Å². The Morgan fingerprint density at radius 2 is 2.15 bits per heavy atom. The van der Waals surface area contributed by atoms with E-state index >= 15 is 0 Å². The molecule has 1 fully saturated rings. The van der Waals surface area contributed by atoms with Crippen LogP contribution in [0.15, 0.2) is 29.2 Å². The average molecular weight is 352 g/mol. The molecule has 8 nitrogen and oxygen atoms in total. The van der Waals surface area contributed by atoms with Crippen LogP contribution < -0.4 is 5.32 Å². The van der Waals surface area contributed by atoms with Gasteiger partial charge in [-0.15, -0.1) is 0 Å². The highest BCUT2D eigenvalue weighted by Gasteiger charge is 2.28. The Morgan fingerprint density at radius 3 is 2.81 bits per heavy atom. The molecule has 0 aromatic carbocycles. The minimum atomic E-state index is -0.171. The second-order valence-electron chi connectivity index (χ2n) is 6.50. The zero-order valence-corrected chi connectivity index (χ0v) is 14.8. The lowest BCUT2D eigenvalue weighted by molar-refractivity contribution is 0.0950. The van der Waals surface area contributed by atoms with Gasteiger partial charge < -0.3 is 9.84 Å². The van der Waals surface area contributed by atoms with E-state index in [4.69, 9.17) is 4.52 Å². The first-order valence-electron chi connectivity index (χ1n) is 8.68. The molecular formula is C18H20N6O2. The molecule has 0 atom stereocenters. The molecule has 3 heterocycles. The van der Waals surface area contributed by atoms with Crippen LogP contribution in [0, 0.1) is 13.8 Å². The van der Waals surface area contributed by atoms with Crippen molar-refractivity contribution in [1.29, 1.82) is 0 Å². The molecule has 1 N–H and O–H groups in total. The van der Waals surface area contributed by atoms with Crippen molar-refractivity contribution in [2.45, 2.75) is 39.2 Å². The minimum Gasteiger partial charge on any atom is -0.361 e. The van der Waals surface area contributed by atoms with Gasteiger partial charge in [-0.25, -0.2) is 0 Å². The molecular weight excluding hydrogens is 332 g/mol. The topological polar surface area (TPSA) is 98.7 Å². The maximum absolute atomic E-state index is 12.3. The Morgan fingerprint density at radius 1 is 1.31 bits per heavy atom. The molecule has 0 radical (unpaired) electrons. The number of hydrogen-bond donors (Lipinski definition) is 1. The maximum atomic E-state index is 12.3. The smallest absolute Gasteiger partial charge is 0.256 e. The van der Waals surface area contributed by atoms with Crippen molar-refractivity contribution < 1.29 is 9.32 Å². The van der Waals surface area contributed by atoms with Crippen LogP contribution in [-0.2, 0) is 6.54 Å². The number of amides is 1. The molecule has 1 aliphatic carbocycles. The molecule has 0 aliphatic heterocycles. The van der Waals surface area contributed by atoms with Gasteiger partial charge in [-0.05, 0) is 32.8 Å². The van der Waals surface area contributed by atoms with E-state index in [9.17, 15) is 4.79 Å². The van der Waals surface area contributed by atoms with Gasteiger partial charge in [0.05, 0.1) is 18.4 Å². The number of rotatable bonds is 6. The third-order valence-electron chi connectivity index (χ3n) is 4.50. The maximum Gasteiger partial charge on any atom is 0.256 e.